The van der Waals surface area contributed by atoms with E-state index in [0.29, 0.717) is 5.92 Å². The minimum atomic E-state index is 0.0836. The number of allylic oxidation sites excluding steroid dienone is 1. The Hall–Kier alpha value is -1.24. The summed E-state index contributed by atoms with van der Waals surface area (Å²) in [7, 11) is 0. The SMILES string of the molecule is C=C(Nc1cc(C(C)C)ccc1C)C(C)(C)C. The van der Waals surface area contributed by atoms with Crippen molar-refractivity contribution in [1.29, 1.82) is 0 Å². The Morgan fingerprint density at radius 1 is 1.24 bits per heavy atom. The lowest BCUT2D eigenvalue weighted by Crippen LogP contribution is -2.16. The molecular formula is C16H25N. The number of benzene rings is 1. The van der Waals surface area contributed by atoms with Gasteiger partial charge in [0.1, 0.15) is 0 Å². The molecule has 1 aromatic carbocycles. The van der Waals surface area contributed by atoms with Crippen LogP contribution < -0.4 is 5.32 Å². The third kappa shape index (κ3) is 3.62. The van der Waals surface area contributed by atoms with E-state index in [4.69, 9.17) is 0 Å². The third-order valence-corrected chi connectivity index (χ3v) is 3.12. The fraction of sp³-hybridized carbons (Fsp3) is 0.500. The Labute approximate surface area is 106 Å². The molecule has 0 aliphatic rings. The van der Waals surface area contributed by atoms with Gasteiger partial charge in [0.15, 0.2) is 0 Å². The number of hydrogen-bond acceptors (Lipinski definition) is 1. The zero-order valence-corrected chi connectivity index (χ0v) is 12.0. The van der Waals surface area contributed by atoms with E-state index in [-0.39, 0.29) is 5.41 Å². The van der Waals surface area contributed by atoms with Crippen LogP contribution in [0.1, 0.15) is 51.7 Å². The second-order valence-electron chi connectivity index (χ2n) is 6.08. The maximum atomic E-state index is 4.13. The molecule has 1 heteroatoms. The summed E-state index contributed by atoms with van der Waals surface area (Å²) in [5.74, 6) is 0.555. The Morgan fingerprint density at radius 3 is 2.29 bits per heavy atom. The summed E-state index contributed by atoms with van der Waals surface area (Å²) in [6, 6.07) is 6.61. The summed E-state index contributed by atoms with van der Waals surface area (Å²) in [5, 5.41) is 3.45. The molecule has 1 N–H and O–H groups in total. The van der Waals surface area contributed by atoms with Gasteiger partial charge in [0.2, 0.25) is 0 Å². The molecule has 0 saturated carbocycles. The summed E-state index contributed by atoms with van der Waals surface area (Å²) in [5.41, 5.74) is 4.94. The molecule has 0 aliphatic carbocycles. The predicted octanol–water partition coefficient (Wildman–Crippen LogP) is 5.09. The van der Waals surface area contributed by atoms with Crippen molar-refractivity contribution in [2.45, 2.75) is 47.5 Å². The summed E-state index contributed by atoms with van der Waals surface area (Å²) < 4.78 is 0. The van der Waals surface area contributed by atoms with E-state index in [1.54, 1.807) is 0 Å². The van der Waals surface area contributed by atoms with Crippen LogP contribution in [0.2, 0.25) is 0 Å². The number of anilines is 1. The Bertz CT molecular complexity index is 408. The monoisotopic (exact) mass is 231 g/mol. The van der Waals surface area contributed by atoms with Crippen molar-refractivity contribution in [3.63, 3.8) is 0 Å². The van der Waals surface area contributed by atoms with Gasteiger partial charge in [0.25, 0.3) is 0 Å². The molecular weight excluding hydrogens is 206 g/mol. The van der Waals surface area contributed by atoms with Gasteiger partial charge in [-0.3, -0.25) is 0 Å². The first-order valence-corrected chi connectivity index (χ1v) is 6.28. The zero-order chi connectivity index (χ0) is 13.2. The molecule has 0 unspecified atom stereocenters. The summed E-state index contributed by atoms with van der Waals surface area (Å²) in [6.45, 7) is 17.2. The predicted molar refractivity (Wildman–Crippen MR) is 77.5 cm³/mol. The van der Waals surface area contributed by atoms with E-state index >= 15 is 0 Å². The molecule has 0 aromatic heterocycles. The van der Waals surface area contributed by atoms with Crippen molar-refractivity contribution >= 4 is 5.69 Å². The molecule has 0 heterocycles. The Kier molecular flexibility index (Phi) is 4.03. The normalized spacial score (nSPS) is 11.7. The van der Waals surface area contributed by atoms with Gasteiger partial charge < -0.3 is 5.32 Å². The average molecular weight is 231 g/mol. The van der Waals surface area contributed by atoms with Crippen LogP contribution in [-0.2, 0) is 0 Å². The zero-order valence-electron chi connectivity index (χ0n) is 12.0. The minimum absolute atomic E-state index is 0.0836. The van der Waals surface area contributed by atoms with Crippen molar-refractivity contribution in [3.05, 3.63) is 41.6 Å². The van der Waals surface area contributed by atoms with Gasteiger partial charge in [-0.1, -0.05) is 53.3 Å². The van der Waals surface area contributed by atoms with Crippen LogP contribution >= 0.6 is 0 Å². The van der Waals surface area contributed by atoms with Crippen molar-refractivity contribution in [2.24, 2.45) is 5.41 Å². The molecule has 0 spiro atoms. The second-order valence-corrected chi connectivity index (χ2v) is 6.08. The highest BCUT2D eigenvalue weighted by atomic mass is 14.9. The highest BCUT2D eigenvalue weighted by Crippen LogP contribution is 2.28. The van der Waals surface area contributed by atoms with Gasteiger partial charge in [0.05, 0.1) is 0 Å². The molecule has 0 saturated heterocycles. The van der Waals surface area contributed by atoms with E-state index in [1.165, 1.54) is 16.8 Å². The quantitative estimate of drug-likeness (QED) is 0.764. The maximum Gasteiger partial charge on any atom is 0.0414 e. The van der Waals surface area contributed by atoms with Crippen molar-refractivity contribution < 1.29 is 0 Å². The van der Waals surface area contributed by atoms with Crippen molar-refractivity contribution in [3.8, 4) is 0 Å². The standard InChI is InChI=1S/C16H25N/c1-11(2)14-9-8-12(3)15(10-14)17-13(4)16(5,6)7/h8-11,17H,4H2,1-3,5-7H3. The molecule has 0 amide bonds. The smallest absolute Gasteiger partial charge is 0.0414 e. The summed E-state index contributed by atoms with van der Waals surface area (Å²) >= 11 is 0. The number of hydrogen-bond donors (Lipinski definition) is 1. The molecule has 17 heavy (non-hydrogen) atoms. The van der Waals surface area contributed by atoms with Gasteiger partial charge in [-0.25, -0.2) is 0 Å². The van der Waals surface area contributed by atoms with E-state index in [2.05, 4.69) is 71.6 Å². The molecule has 0 bridgehead atoms. The third-order valence-electron chi connectivity index (χ3n) is 3.12. The highest BCUT2D eigenvalue weighted by molar-refractivity contribution is 5.56. The molecule has 1 rings (SSSR count). The van der Waals surface area contributed by atoms with Crippen LogP contribution in [0.5, 0.6) is 0 Å². The minimum Gasteiger partial charge on any atom is -0.359 e. The molecule has 1 aromatic rings. The van der Waals surface area contributed by atoms with E-state index in [0.717, 1.165) is 5.70 Å². The first-order chi connectivity index (χ1) is 7.71. The first-order valence-electron chi connectivity index (χ1n) is 6.28. The lowest BCUT2D eigenvalue weighted by Gasteiger charge is -2.24. The molecule has 0 aliphatic heterocycles. The van der Waals surface area contributed by atoms with E-state index in [1.807, 2.05) is 0 Å². The van der Waals surface area contributed by atoms with Crippen LogP contribution in [0.3, 0.4) is 0 Å². The van der Waals surface area contributed by atoms with Crippen LogP contribution in [0.15, 0.2) is 30.5 Å². The number of rotatable bonds is 3. The van der Waals surface area contributed by atoms with Gasteiger partial charge in [0, 0.05) is 16.8 Å². The fourth-order valence-corrected chi connectivity index (χ4v) is 1.48. The Morgan fingerprint density at radius 2 is 1.82 bits per heavy atom. The molecule has 0 radical (unpaired) electrons. The fourth-order valence-electron chi connectivity index (χ4n) is 1.48. The van der Waals surface area contributed by atoms with Gasteiger partial charge in [-0.2, -0.15) is 0 Å². The van der Waals surface area contributed by atoms with Crippen LogP contribution in [-0.4, -0.2) is 0 Å². The highest BCUT2D eigenvalue weighted by Gasteiger charge is 2.15. The van der Waals surface area contributed by atoms with Gasteiger partial charge in [-0.05, 0) is 30.0 Å². The average Bonchev–Trinajstić information content (AvgIpc) is 2.19. The second kappa shape index (κ2) is 4.95. The molecule has 0 atom stereocenters. The maximum absolute atomic E-state index is 4.13. The summed E-state index contributed by atoms with van der Waals surface area (Å²) in [4.78, 5) is 0. The largest absolute Gasteiger partial charge is 0.359 e. The first kappa shape index (κ1) is 13.8. The molecule has 0 fully saturated rings. The van der Waals surface area contributed by atoms with Crippen LogP contribution in [0.4, 0.5) is 5.69 Å². The number of aryl methyl sites for hydroxylation is 1. The van der Waals surface area contributed by atoms with Gasteiger partial charge in [-0.15, -0.1) is 0 Å². The number of nitrogens with one attached hydrogen (secondary N) is 1. The lowest BCUT2D eigenvalue weighted by molar-refractivity contribution is 0.509. The van der Waals surface area contributed by atoms with Crippen LogP contribution in [0, 0.1) is 12.3 Å². The van der Waals surface area contributed by atoms with Crippen LogP contribution in [0.25, 0.3) is 0 Å². The van der Waals surface area contributed by atoms with Crippen molar-refractivity contribution in [1.82, 2.24) is 0 Å². The molecule has 94 valence electrons. The van der Waals surface area contributed by atoms with E-state index < -0.39 is 0 Å². The Balaban J connectivity index is 2.98. The lowest BCUT2D eigenvalue weighted by atomic mass is 9.92. The topological polar surface area (TPSA) is 12.0 Å². The van der Waals surface area contributed by atoms with Crippen molar-refractivity contribution in [2.75, 3.05) is 5.32 Å². The summed E-state index contributed by atoms with van der Waals surface area (Å²) in [6.07, 6.45) is 0. The van der Waals surface area contributed by atoms with E-state index in [9.17, 15) is 0 Å². The molecule has 1 nitrogen and oxygen atoms in total. The van der Waals surface area contributed by atoms with Gasteiger partial charge >= 0.3 is 0 Å².